The molecule has 1 aromatic carbocycles. The second-order valence-corrected chi connectivity index (χ2v) is 5.38. The van der Waals surface area contributed by atoms with Gasteiger partial charge in [0.05, 0.1) is 24.8 Å². The summed E-state index contributed by atoms with van der Waals surface area (Å²) in [5.74, 6) is -0.362. The maximum Gasteiger partial charge on any atom is 0.237 e. The van der Waals surface area contributed by atoms with Gasteiger partial charge in [0.1, 0.15) is 12.2 Å². The Kier molecular flexibility index (Phi) is 12.4. The number of nitrogens with one attached hydrogen (secondary N) is 1. The lowest BCUT2D eigenvalue weighted by Gasteiger charge is -2.22. The van der Waals surface area contributed by atoms with Crippen LogP contribution in [0.15, 0.2) is 30.3 Å². The molecule has 1 amide bonds. The van der Waals surface area contributed by atoms with Gasteiger partial charge in [0.2, 0.25) is 5.91 Å². The van der Waals surface area contributed by atoms with E-state index in [2.05, 4.69) is 36.3 Å². The number of carbonyl (C=O) groups is 1. The Morgan fingerprint density at radius 2 is 1.92 bits per heavy atom. The van der Waals surface area contributed by atoms with E-state index in [9.17, 15) is 15.0 Å². The predicted octanol–water partition coefficient (Wildman–Crippen LogP) is -2.88. The molecule has 5 atom stereocenters. The van der Waals surface area contributed by atoms with Crippen LogP contribution >= 0.6 is 0 Å². The summed E-state index contributed by atoms with van der Waals surface area (Å²) in [6.45, 7) is 1.43. The number of nitrogens with two attached hydrogens (primary N) is 1. The molecule has 0 saturated carbocycles. The molecule has 6 nitrogen and oxygen atoms in total. The third kappa shape index (κ3) is 7.28. The molecule has 1 aromatic rings. The quantitative estimate of drug-likeness (QED) is 0.432. The summed E-state index contributed by atoms with van der Waals surface area (Å²) in [6, 6.07) is 8.12. The number of ether oxygens (including phenoxy) is 1. The molecule has 10 heteroatoms. The molecule has 2 rings (SSSR count). The van der Waals surface area contributed by atoms with Crippen LogP contribution in [0.5, 0.6) is 0 Å². The van der Waals surface area contributed by atoms with Gasteiger partial charge in [-0.25, -0.2) is 0 Å². The van der Waals surface area contributed by atoms with Gasteiger partial charge in [-0.3, -0.25) is 4.79 Å². The number of rotatable bonds is 5. The van der Waals surface area contributed by atoms with Crippen LogP contribution in [0, 0.1) is 0 Å². The third-order valence-corrected chi connectivity index (χ3v) is 3.76. The van der Waals surface area contributed by atoms with Crippen molar-refractivity contribution >= 4 is 36.9 Å². The molecule has 6 radical (unpaired) electrons. The average molecular weight is 340 g/mol. The number of benzene rings is 1. The summed E-state index contributed by atoms with van der Waals surface area (Å²) >= 11 is 0. The van der Waals surface area contributed by atoms with Crippen molar-refractivity contribution in [2.24, 2.45) is 5.73 Å². The lowest BCUT2D eigenvalue weighted by atomic mass is 9.81. The molecule has 0 spiro atoms. The van der Waals surface area contributed by atoms with Crippen molar-refractivity contribution in [3.63, 3.8) is 0 Å². The SMILES string of the molecule is C[C@@H]1O[C@H](CO)[C@H](NC(=O)C(N)Cc2ccccc2)C1O.[BH][BH].[B][B]. The molecule has 0 bridgehead atoms. The highest BCUT2D eigenvalue weighted by Gasteiger charge is 2.42. The van der Waals surface area contributed by atoms with Crippen LogP contribution < -0.4 is 11.1 Å². The van der Waals surface area contributed by atoms with E-state index in [1.54, 1.807) is 6.92 Å². The first-order valence-electron chi connectivity index (χ1n) is 7.90. The van der Waals surface area contributed by atoms with Crippen LogP contribution in [-0.4, -0.2) is 84.1 Å². The molecular weight excluding hydrogens is 315 g/mol. The van der Waals surface area contributed by atoms with Gasteiger partial charge < -0.3 is 26.0 Å². The monoisotopic (exact) mass is 340 g/mol. The van der Waals surface area contributed by atoms with E-state index in [-0.39, 0.29) is 12.5 Å². The highest BCUT2D eigenvalue weighted by atomic mass is 16.5. The molecule has 1 heterocycles. The molecule has 1 saturated heterocycles. The first-order valence-corrected chi connectivity index (χ1v) is 7.90. The van der Waals surface area contributed by atoms with Crippen LogP contribution in [0.3, 0.4) is 0 Å². The van der Waals surface area contributed by atoms with E-state index in [1.807, 2.05) is 30.3 Å². The zero-order valence-corrected chi connectivity index (χ0v) is 14.5. The molecule has 0 aliphatic carbocycles. The van der Waals surface area contributed by atoms with Crippen molar-refractivity contribution in [1.29, 1.82) is 0 Å². The van der Waals surface area contributed by atoms with E-state index in [4.69, 9.17) is 10.5 Å². The van der Waals surface area contributed by atoms with Crippen molar-refractivity contribution in [3.05, 3.63) is 35.9 Å². The highest BCUT2D eigenvalue weighted by Crippen LogP contribution is 2.20. The molecular formula is C15H24B4N2O4. The van der Waals surface area contributed by atoms with Crippen LogP contribution in [0.4, 0.5) is 0 Å². The lowest BCUT2D eigenvalue weighted by Crippen LogP contribution is -2.53. The Balaban J connectivity index is 0.00000134. The number of aliphatic hydroxyl groups is 2. The van der Waals surface area contributed by atoms with Crippen LogP contribution in [0.2, 0.25) is 0 Å². The van der Waals surface area contributed by atoms with E-state index in [1.165, 1.54) is 0 Å². The molecule has 1 fully saturated rings. The fraction of sp³-hybridized carbons (Fsp3) is 0.533. The molecule has 25 heavy (non-hydrogen) atoms. The molecule has 1 aliphatic heterocycles. The largest absolute Gasteiger partial charge is 0.394 e. The third-order valence-electron chi connectivity index (χ3n) is 3.76. The molecule has 0 aromatic heterocycles. The zero-order valence-electron chi connectivity index (χ0n) is 14.5. The van der Waals surface area contributed by atoms with E-state index < -0.39 is 30.4 Å². The number of carbonyl (C=O) groups excluding carboxylic acids is 1. The van der Waals surface area contributed by atoms with Gasteiger partial charge in [0, 0.05) is 30.9 Å². The Labute approximate surface area is 154 Å². The summed E-state index contributed by atoms with van der Waals surface area (Å²) in [5.41, 5.74) is 6.87. The normalized spacial score (nSPS) is 25.6. The van der Waals surface area contributed by atoms with Gasteiger partial charge in [-0.2, -0.15) is 0 Å². The second-order valence-electron chi connectivity index (χ2n) is 5.38. The molecule has 1 aliphatic rings. The van der Waals surface area contributed by atoms with Crippen LogP contribution in [0.1, 0.15) is 12.5 Å². The minimum absolute atomic E-state index is 0.264. The topological polar surface area (TPSA) is 105 Å². The zero-order chi connectivity index (χ0) is 19.4. The number of hydrogen-bond acceptors (Lipinski definition) is 5. The molecule has 130 valence electrons. The van der Waals surface area contributed by atoms with Gasteiger partial charge in [-0.1, -0.05) is 30.3 Å². The summed E-state index contributed by atoms with van der Waals surface area (Å²) in [7, 11) is 14.0. The summed E-state index contributed by atoms with van der Waals surface area (Å²) in [6.07, 6.45) is -1.48. The second kappa shape index (κ2) is 13.1. The highest BCUT2D eigenvalue weighted by molar-refractivity contribution is 6.76. The van der Waals surface area contributed by atoms with E-state index in [0.717, 1.165) is 5.56 Å². The van der Waals surface area contributed by atoms with Crippen molar-refractivity contribution in [3.8, 4) is 0 Å². The van der Waals surface area contributed by atoms with E-state index >= 15 is 0 Å². The minimum atomic E-state index is -0.852. The van der Waals surface area contributed by atoms with Gasteiger partial charge >= 0.3 is 0 Å². The Bertz CT molecular complexity index is 484. The fourth-order valence-electron chi connectivity index (χ4n) is 2.52. The van der Waals surface area contributed by atoms with Gasteiger partial charge in [-0.05, 0) is 18.9 Å². The van der Waals surface area contributed by atoms with Crippen molar-refractivity contribution in [2.75, 3.05) is 6.61 Å². The van der Waals surface area contributed by atoms with Crippen LogP contribution in [0.25, 0.3) is 0 Å². The molecule has 2 unspecified atom stereocenters. The maximum atomic E-state index is 12.1. The van der Waals surface area contributed by atoms with Crippen molar-refractivity contribution in [1.82, 2.24) is 5.32 Å². The Morgan fingerprint density at radius 3 is 2.44 bits per heavy atom. The van der Waals surface area contributed by atoms with Gasteiger partial charge in [0.15, 0.2) is 0 Å². The van der Waals surface area contributed by atoms with Gasteiger partial charge in [0.25, 0.3) is 0 Å². The number of amides is 1. The summed E-state index contributed by atoms with van der Waals surface area (Å²) in [5, 5.41) is 21.9. The maximum absolute atomic E-state index is 12.1. The number of hydrogen-bond donors (Lipinski definition) is 4. The van der Waals surface area contributed by atoms with Crippen LogP contribution in [-0.2, 0) is 16.0 Å². The number of aliphatic hydroxyl groups excluding tert-OH is 2. The standard InChI is InChI=1S/C15H22N2O4.B2H2.B2/c1-9-14(19)13(12(8-18)21-9)17-15(20)11(16)7-10-5-3-2-4-6-10;2*1-2/h2-6,9,11-14,18-19H,7-8,16H2,1H3,(H,17,20);1-2H;/t9-,11?,12+,13-,14?;;/m0../s1. The smallest absolute Gasteiger partial charge is 0.237 e. The lowest BCUT2D eigenvalue weighted by molar-refractivity contribution is -0.124. The minimum Gasteiger partial charge on any atom is -0.394 e. The average Bonchev–Trinajstić information content (AvgIpc) is 2.93. The van der Waals surface area contributed by atoms with E-state index in [0.29, 0.717) is 6.42 Å². The van der Waals surface area contributed by atoms with Gasteiger partial charge in [-0.15, -0.1) is 0 Å². The first-order chi connectivity index (χ1) is 12.0. The Morgan fingerprint density at radius 1 is 1.36 bits per heavy atom. The Hall–Kier alpha value is -1.21. The summed E-state index contributed by atoms with van der Waals surface area (Å²) < 4.78 is 5.38. The fourth-order valence-corrected chi connectivity index (χ4v) is 2.52. The van der Waals surface area contributed by atoms with Crippen molar-refractivity contribution in [2.45, 2.75) is 43.7 Å². The summed E-state index contributed by atoms with van der Waals surface area (Å²) in [4.78, 5) is 12.1. The molecule has 5 N–H and O–H groups in total. The predicted molar refractivity (Wildman–Crippen MR) is 103 cm³/mol. The van der Waals surface area contributed by atoms with Crippen molar-refractivity contribution < 1.29 is 19.7 Å². The first kappa shape index (κ1) is 23.8.